The zero-order chi connectivity index (χ0) is 18.5. The molecule has 0 aromatic heterocycles. The maximum Gasteiger partial charge on any atom is 0.338 e. The first-order valence-electron chi connectivity index (χ1n) is 8.46. The van der Waals surface area contributed by atoms with E-state index >= 15 is 0 Å². The van der Waals surface area contributed by atoms with Crippen molar-refractivity contribution in [1.82, 2.24) is 5.32 Å². The minimum Gasteiger partial charge on any atom is -0.494 e. The van der Waals surface area contributed by atoms with Crippen LogP contribution in [0.25, 0.3) is 0 Å². The molecule has 5 nitrogen and oxygen atoms in total. The maximum absolute atomic E-state index is 13.6. The zero-order valence-corrected chi connectivity index (χ0v) is 14.5. The van der Waals surface area contributed by atoms with E-state index in [0.717, 1.165) is 30.9 Å². The Morgan fingerprint density at radius 3 is 2.81 bits per heavy atom. The third kappa shape index (κ3) is 4.02. The Labute approximate surface area is 151 Å². The van der Waals surface area contributed by atoms with Gasteiger partial charge >= 0.3 is 5.97 Å². The number of rotatable bonds is 5. The van der Waals surface area contributed by atoms with Crippen molar-refractivity contribution >= 4 is 11.9 Å². The summed E-state index contributed by atoms with van der Waals surface area (Å²) < 4.78 is 23.4. The largest absolute Gasteiger partial charge is 0.494 e. The van der Waals surface area contributed by atoms with Crippen molar-refractivity contribution in [2.24, 2.45) is 0 Å². The molecule has 0 saturated heterocycles. The van der Waals surface area contributed by atoms with Crippen LogP contribution in [0, 0.1) is 5.82 Å². The smallest absolute Gasteiger partial charge is 0.338 e. The molecule has 0 spiro atoms. The van der Waals surface area contributed by atoms with Crippen LogP contribution >= 0.6 is 0 Å². The van der Waals surface area contributed by atoms with Crippen LogP contribution in [-0.4, -0.2) is 25.6 Å². The second-order valence-corrected chi connectivity index (χ2v) is 6.14. The first-order valence-corrected chi connectivity index (χ1v) is 8.46. The molecule has 3 rings (SSSR count). The summed E-state index contributed by atoms with van der Waals surface area (Å²) in [5.41, 5.74) is 2.37. The molecule has 2 aromatic rings. The highest BCUT2D eigenvalue weighted by atomic mass is 19.1. The van der Waals surface area contributed by atoms with Crippen molar-refractivity contribution in [3.63, 3.8) is 0 Å². The Kier molecular flexibility index (Phi) is 5.51. The summed E-state index contributed by atoms with van der Waals surface area (Å²) in [6.07, 6.45) is 2.84. The molecular formula is C20H20FNO4. The number of carbonyl (C=O) groups is 2. The molecule has 1 amide bonds. The van der Waals surface area contributed by atoms with Gasteiger partial charge in [0.25, 0.3) is 5.91 Å². The van der Waals surface area contributed by atoms with Gasteiger partial charge in [-0.05, 0) is 48.6 Å². The molecular weight excluding hydrogens is 337 g/mol. The van der Waals surface area contributed by atoms with Gasteiger partial charge in [-0.1, -0.05) is 24.3 Å². The molecule has 26 heavy (non-hydrogen) atoms. The van der Waals surface area contributed by atoms with Crippen LogP contribution in [0.5, 0.6) is 5.75 Å². The number of amides is 1. The Hall–Kier alpha value is -2.89. The van der Waals surface area contributed by atoms with E-state index < -0.39 is 18.4 Å². The summed E-state index contributed by atoms with van der Waals surface area (Å²) in [4.78, 5) is 24.1. The number of methoxy groups -OCH3 is 1. The lowest BCUT2D eigenvalue weighted by molar-refractivity contribution is -0.125. The highest BCUT2D eigenvalue weighted by Gasteiger charge is 2.22. The van der Waals surface area contributed by atoms with E-state index in [1.807, 2.05) is 18.2 Å². The molecule has 2 aromatic carbocycles. The van der Waals surface area contributed by atoms with E-state index in [1.54, 1.807) is 0 Å². The first-order chi connectivity index (χ1) is 12.6. The van der Waals surface area contributed by atoms with E-state index in [0.29, 0.717) is 0 Å². The molecule has 136 valence electrons. The Morgan fingerprint density at radius 1 is 1.23 bits per heavy atom. The average molecular weight is 357 g/mol. The molecule has 0 bridgehead atoms. The summed E-state index contributed by atoms with van der Waals surface area (Å²) in [5.74, 6) is -1.76. The van der Waals surface area contributed by atoms with Gasteiger partial charge in [0.15, 0.2) is 18.2 Å². The standard InChI is InChI=1S/C20H20FNO4/c1-25-18-10-9-14(11-16(18)21)20(24)26-12-19(23)22-17-8-4-6-13-5-2-3-7-15(13)17/h2-3,5,7,9-11,17H,4,6,8,12H2,1H3,(H,22,23)/t17-/m0/s1. The normalized spacial score (nSPS) is 15.7. The number of hydrogen-bond donors (Lipinski definition) is 1. The molecule has 6 heteroatoms. The van der Waals surface area contributed by atoms with Crippen LogP contribution < -0.4 is 10.1 Å². The summed E-state index contributed by atoms with van der Waals surface area (Å²) in [5, 5.41) is 2.90. The number of hydrogen-bond acceptors (Lipinski definition) is 4. The number of esters is 1. The van der Waals surface area contributed by atoms with Crippen LogP contribution in [-0.2, 0) is 16.0 Å². The number of ether oxygens (including phenoxy) is 2. The number of aryl methyl sites for hydroxylation is 1. The maximum atomic E-state index is 13.6. The molecule has 1 aliphatic carbocycles. The predicted octanol–water partition coefficient (Wildman–Crippen LogP) is 3.18. The monoisotopic (exact) mass is 357 g/mol. The molecule has 0 saturated carbocycles. The number of nitrogens with one attached hydrogen (secondary N) is 1. The third-order valence-electron chi connectivity index (χ3n) is 4.43. The van der Waals surface area contributed by atoms with Gasteiger partial charge in [0, 0.05) is 0 Å². The zero-order valence-electron chi connectivity index (χ0n) is 14.5. The van der Waals surface area contributed by atoms with Crippen molar-refractivity contribution in [2.45, 2.75) is 25.3 Å². The minimum absolute atomic E-state index is 0.0270. The fourth-order valence-electron chi connectivity index (χ4n) is 3.15. The second-order valence-electron chi connectivity index (χ2n) is 6.14. The van der Waals surface area contributed by atoms with Crippen LogP contribution in [0.15, 0.2) is 42.5 Å². The highest BCUT2D eigenvalue weighted by Crippen LogP contribution is 2.29. The highest BCUT2D eigenvalue weighted by molar-refractivity contribution is 5.91. The number of benzene rings is 2. The molecule has 0 heterocycles. The Balaban J connectivity index is 1.56. The van der Waals surface area contributed by atoms with E-state index in [1.165, 1.54) is 24.8 Å². The van der Waals surface area contributed by atoms with Crippen LogP contribution in [0.2, 0.25) is 0 Å². The van der Waals surface area contributed by atoms with Gasteiger partial charge in [-0.15, -0.1) is 0 Å². The van der Waals surface area contributed by atoms with Gasteiger partial charge in [0.1, 0.15) is 0 Å². The van der Waals surface area contributed by atoms with Crippen molar-refractivity contribution in [3.05, 3.63) is 65.0 Å². The average Bonchev–Trinajstić information content (AvgIpc) is 2.66. The number of carbonyl (C=O) groups excluding carboxylic acids is 2. The molecule has 0 aliphatic heterocycles. The van der Waals surface area contributed by atoms with Gasteiger partial charge in [-0.2, -0.15) is 0 Å². The second kappa shape index (κ2) is 7.99. The van der Waals surface area contributed by atoms with Gasteiger partial charge in [0.2, 0.25) is 0 Å². The molecule has 1 aliphatic rings. The summed E-state index contributed by atoms with van der Waals surface area (Å²) in [7, 11) is 1.34. The van der Waals surface area contributed by atoms with E-state index in [9.17, 15) is 14.0 Å². The molecule has 0 unspecified atom stereocenters. The van der Waals surface area contributed by atoms with Gasteiger partial charge in [-0.25, -0.2) is 9.18 Å². The lowest BCUT2D eigenvalue weighted by Crippen LogP contribution is -2.34. The summed E-state index contributed by atoms with van der Waals surface area (Å²) in [6, 6.07) is 11.7. The SMILES string of the molecule is COc1ccc(C(=O)OCC(=O)N[C@H]2CCCc3ccccc32)cc1F. The Bertz CT molecular complexity index is 821. The molecule has 0 fully saturated rings. The van der Waals surface area contributed by atoms with Crippen LogP contribution in [0.1, 0.15) is 40.4 Å². The summed E-state index contributed by atoms with van der Waals surface area (Å²) in [6.45, 7) is -0.412. The fraction of sp³-hybridized carbons (Fsp3) is 0.300. The number of fused-ring (bicyclic) bond motifs is 1. The lowest BCUT2D eigenvalue weighted by atomic mass is 9.88. The quantitative estimate of drug-likeness (QED) is 0.835. The fourth-order valence-corrected chi connectivity index (χ4v) is 3.15. The van der Waals surface area contributed by atoms with Gasteiger partial charge < -0.3 is 14.8 Å². The topological polar surface area (TPSA) is 64.6 Å². The molecule has 1 N–H and O–H groups in total. The Morgan fingerprint density at radius 2 is 2.04 bits per heavy atom. The van der Waals surface area contributed by atoms with Crippen molar-refractivity contribution in [2.75, 3.05) is 13.7 Å². The van der Waals surface area contributed by atoms with Crippen molar-refractivity contribution in [3.8, 4) is 5.75 Å². The van der Waals surface area contributed by atoms with Crippen molar-refractivity contribution in [1.29, 1.82) is 0 Å². The van der Waals surface area contributed by atoms with Crippen LogP contribution in [0.3, 0.4) is 0 Å². The van der Waals surface area contributed by atoms with Gasteiger partial charge in [-0.3, -0.25) is 4.79 Å². The van der Waals surface area contributed by atoms with Gasteiger partial charge in [0.05, 0.1) is 18.7 Å². The first kappa shape index (κ1) is 17.9. The van der Waals surface area contributed by atoms with Crippen molar-refractivity contribution < 1.29 is 23.5 Å². The van der Waals surface area contributed by atoms with Crippen LogP contribution in [0.4, 0.5) is 4.39 Å². The number of halogens is 1. The third-order valence-corrected chi connectivity index (χ3v) is 4.43. The minimum atomic E-state index is -0.759. The lowest BCUT2D eigenvalue weighted by Gasteiger charge is -2.26. The van der Waals surface area contributed by atoms with E-state index in [2.05, 4.69) is 11.4 Å². The van der Waals surface area contributed by atoms with E-state index in [4.69, 9.17) is 9.47 Å². The summed E-state index contributed by atoms with van der Waals surface area (Å²) >= 11 is 0. The van der Waals surface area contributed by atoms with E-state index in [-0.39, 0.29) is 23.3 Å². The molecule has 0 radical (unpaired) electrons. The molecule has 1 atom stereocenters. The predicted molar refractivity (Wildman–Crippen MR) is 93.5 cm³/mol.